The Bertz CT molecular complexity index is 3210. The third-order valence-electron chi connectivity index (χ3n) is 9.30. The molecule has 0 amide bonds. The SMILES string of the molecule is [2H]c1c([2H])c([2H])c2c(-c3cccc4c3oc3ccccc34)c3c([2H])c([2H])c([2H])c([2H])c3c(-c3ccc(-c4cc5ccccc5c5ccccc45)cc3)c2c1[2H]. The molecule has 0 saturated heterocycles. The number of furan rings is 1. The van der Waals surface area contributed by atoms with Crippen LogP contribution in [0.2, 0.25) is 0 Å². The molecule has 10 aromatic rings. The quantitative estimate of drug-likeness (QED) is 0.144. The van der Waals surface area contributed by atoms with Gasteiger partial charge in [-0.25, -0.2) is 0 Å². The molecule has 1 heterocycles. The Hall–Kier alpha value is -6.18. The lowest BCUT2D eigenvalue weighted by Gasteiger charge is -2.18. The summed E-state index contributed by atoms with van der Waals surface area (Å²) in [5, 5.41) is 6.70. The summed E-state index contributed by atoms with van der Waals surface area (Å²) < 4.78 is 79.1. The van der Waals surface area contributed by atoms with Gasteiger partial charge in [0.2, 0.25) is 0 Å². The van der Waals surface area contributed by atoms with Gasteiger partial charge in [0.25, 0.3) is 0 Å². The molecule has 0 radical (unpaired) electrons. The van der Waals surface area contributed by atoms with Crippen LogP contribution in [0.1, 0.15) is 11.0 Å². The smallest absolute Gasteiger partial charge is 0.143 e. The van der Waals surface area contributed by atoms with E-state index in [1.54, 1.807) is 6.07 Å². The average molecular weight is 605 g/mol. The van der Waals surface area contributed by atoms with Crippen LogP contribution in [0.4, 0.5) is 0 Å². The summed E-state index contributed by atoms with van der Waals surface area (Å²) in [5.74, 6) is 0. The van der Waals surface area contributed by atoms with Crippen molar-refractivity contribution in [3.05, 3.63) is 170 Å². The molecule has 0 bridgehead atoms. The van der Waals surface area contributed by atoms with Crippen LogP contribution >= 0.6 is 0 Å². The van der Waals surface area contributed by atoms with Gasteiger partial charge in [0.1, 0.15) is 11.2 Å². The normalized spacial score (nSPS) is 14.2. The van der Waals surface area contributed by atoms with Gasteiger partial charge in [-0.1, -0.05) is 158 Å². The molecular weight excluding hydrogens is 569 g/mol. The molecule has 0 aliphatic heterocycles. The van der Waals surface area contributed by atoms with Crippen LogP contribution in [0.15, 0.2) is 174 Å². The van der Waals surface area contributed by atoms with Crippen molar-refractivity contribution in [1.29, 1.82) is 0 Å². The number of hydrogen-bond acceptors (Lipinski definition) is 1. The summed E-state index contributed by atoms with van der Waals surface area (Å²) in [6, 6.07) is 36.4. The van der Waals surface area contributed by atoms with Gasteiger partial charge in [0.15, 0.2) is 0 Å². The first-order valence-corrected chi connectivity index (χ1v) is 15.5. The third kappa shape index (κ3) is 3.90. The van der Waals surface area contributed by atoms with Crippen molar-refractivity contribution in [2.75, 3.05) is 0 Å². The minimum absolute atomic E-state index is 0.149. The predicted octanol–water partition coefficient (Wildman–Crippen LogP) is 13.2. The number of hydrogen-bond donors (Lipinski definition) is 0. The Morgan fingerprint density at radius 3 is 1.66 bits per heavy atom. The van der Waals surface area contributed by atoms with Crippen LogP contribution in [0.3, 0.4) is 0 Å². The molecule has 47 heavy (non-hydrogen) atoms. The molecule has 0 spiro atoms. The van der Waals surface area contributed by atoms with Gasteiger partial charge in [0, 0.05) is 21.9 Å². The van der Waals surface area contributed by atoms with E-state index in [-0.39, 0.29) is 51.3 Å². The minimum atomic E-state index is -0.444. The van der Waals surface area contributed by atoms with Gasteiger partial charge >= 0.3 is 0 Å². The highest BCUT2D eigenvalue weighted by Crippen LogP contribution is 2.46. The Labute approximate surface area is 283 Å². The van der Waals surface area contributed by atoms with Crippen LogP contribution in [0.25, 0.3) is 98.4 Å². The van der Waals surface area contributed by atoms with Gasteiger partial charge < -0.3 is 4.42 Å². The topological polar surface area (TPSA) is 13.1 Å². The molecule has 0 aliphatic rings. The average Bonchev–Trinajstić information content (AvgIpc) is 3.61. The molecule has 0 fully saturated rings. The van der Waals surface area contributed by atoms with Gasteiger partial charge in [-0.3, -0.25) is 0 Å². The fourth-order valence-electron chi connectivity index (χ4n) is 7.24. The standard InChI is InChI=1S/C46H28O/c1-2-13-32-31(12-1)28-42(34-15-4-3-14-33(32)34)29-24-26-30(27-25-29)44-36-17-5-7-19-38(36)45(39-20-8-6-18-37(39)44)41-22-11-21-40-35-16-9-10-23-43(35)47-46(40)41/h1-28H/i5D,6D,7D,8D,17D,18D,19D,20D. The van der Waals surface area contributed by atoms with Crippen molar-refractivity contribution < 1.29 is 15.4 Å². The first-order valence-electron chi connectivity index (χ1n) is 19.5. The first-order chi connectivity index (χ1) is 26.7. The van der Waals surface area contributed by atoms with Crippen LogP contribution in [0.5, 0.6) is 0 Å². The van der Waals surface area contributed by atoms with Crippen molar-refractivity contribution in [1.82, 2.24) is 0 Å². The van der Waals surface area contributed by atoms with Crippen molar-refractivity contribution >= 4 is 65.0 Å². The summed E-state index contributed by atoms with van der Waals surface area (Å²) in [6.45, 7) is 0. The first kappa shape index (κ1) is 19.4. The third-order valence-corrected chi connectivity index (χ3v) is 9.30. The number of fused-ring (bicyclic) bond motifs is 8. The van der Waals surface area contributed by atoms with Gasteiger partial charge in [0.05, 0.1) is 11.0 Å². The zero-order valence-corrected chi connectivity index (χ0v) is 25.0. The second-order valence-corrected chi connectivity index (χ2v) is 11.8. The highest BCUT2D eigenvalue weighted by molar-refractivity contribution is 6.24. The zero-order valence-electron chi connectivity index (χ0n) is 33.0. The Morgan fingerprint density at radius 2 is 0.936 bits per heavy atom. The second kappa shape index (κ2) is 10.2. The van der Waals surface area contributed by atoms with Crippen molar-refractivity contribution in [3.8, 4) is 33.4 Å². The summed E-state index contributed by atoms with van der Waals surface area (Å²) in [4.78, 5) is 0. The Kier molecular flexibility index (Phi) is 4.19. The highest BCUT2D eigenvalue weighted by Gasteiger charge is 2.20. The number of benzene rings is 9. The van der Waals surface area contributed by atoms with E-state index in [0.29, 0.717) is 27.9 Å². The summed E-state index contributed by atoms with van der Waals surface area (Å²) in [7, 11) is 0. The molecule has 218 valence electrons. The molecule has 0 aliphatic carbocycles. The van der Waals surface area contributed by atoms with E-state index in [9.17, 15) is 5.48 Å². The molecule has 1 nitrogen and oxygen atoms in total. The summed E-state index contributed by atoms with van der Waals surface area (Å²) in [5.41, 5.74) is 4.60. The van der Waals surface area contributed by atoms with Gasteiger partial charge in [-0.2, -0.15) is 0 Å². The van der Waals surface area contributed by atoms with E-state index in [1.807, 2.05) is 84.9 Å². The fraction of sp³-hybridized carbons (Fsp3) is 0. The summed E-state index contributed by atoms with van der Waals surface area (Å²) in [6.07, 6.45) is 0. The van der Waals surface area contributed by atoms with E-state index in [4.69, 9.17) is 9.90 Å². The minimum Gasteiger partial charge on any atom is -0.455 e. The van der Waals surface area contributed by atoms with Crippen molar-refractivity contribution in [2.24, 2.45) is 0 Å². The van der Waals surface area contributed by atoms with Gasteiger partial charge in [-0.15, -0.1) is 0 Å². The maximum Gasteiger partial charge on any atom is 0.143 e. The fourth-order valence-corrected chi connectivity index (χ4v) is 7.24. The van der Waals surface area contributed by atoms with Crippen LogP contribution < -0.4 is 0 Å². The maximum atomic E-state index is 9.36. The van der Waals surface area contributed by atoms with E-state index in [2.05, 4.69) is 30.3 Å². The molecule has 0 saturated carbocycles. The molecule has 1 aromatic heterocycles. The van der Waals surface area contributed by atoms with Crippen molar-refractivity contribution in [2.45, 2.75) is 0 Å². The van der Waals surface area contributed by atoms with E-state index in [0.717, 1.165) is 43.4 Å². The highest BCUT2D eigenvalue weighted by atomic mass is 16.3. The molecule has 9 aromatic carbocycles. The number of rotatable bonds is 3. The molecule has 0 unspecified atom stereocenters. The molecule has 1 heteroatoms. The lowest BCUT2D eigenvalue weighted by molar-refractivity contribution is 0.670. The Balaban J connectivity index is 1.35. The largest absolute Gasteiger partial charge is 0.455 e. The molecule has 10 rings (SSSR count). The predicted molar refractivity (Wildman–Crippen MR) is 200 cm³/mol. The lowest BCUT2D eigenvalue weighted by atomic mass is 9.85. The van der Waals surface area contributed by atoms with Gasteiger partial charge in [-0.05, 0) is 77.5 Å². The zero-order chi connectivity index (χ0) is 37.9. The van der Waals surface area contributed by atoms with Crippen LogP contribution in [-0.4, -0.2) is 0 Å². The van der Waals surface area contributed by atoms with E-state index >= 15 is 0 Å². The molecular formula is C46H28O. The van der Waals surface area contributed by atoms with E-state index < -0.39 is 24.2 Å². The maximum absolute atomic E-state index is 9.36. The van der Waals surface area contributed by atoms with Crippen LogP contribution in [-0.2, 0) is 0 Å². The molecule has 0 N–H and O–H groups in total. The lowest BCUT2D eigenvalue weighted by Crippen LogP contribution is -1.91. The number of para-hydroxylation sites is 2. The van der Waals surface area contributed by atoms with E-state index in [1.165, 1.54) is 0 Å². The monoisotopic (exact) mass is 604 g/mol. The Morgan fingerprint density at radius 1 is 0.383 bits per heavy atom. The van der Waals surface area contributed by atoms with Crippen LogP contribution in [0, 0.1) is 0 Å². The van der Waals surface area contributed by atoms with Crippen molar-refractivity contribution in [3.63, 3.8) is 0 Å². The summed E-state index contributed by atoms with van der Waals surface area (Å²) >= 11 is 0. The molecule has 0 atom stereocenters. The second-order valence-electron chi connectivity index (χ2n) is 11.8.